The Morgan fingerprint density at radius 1 is 1.20 bits per heavy atom. The number of amides is 1. The van der Waals surface area contributed by atoms with E-state index in [9.17, 15) is 9.59 Å². The summed E-state index contributed by atoms with van der Waals surface area (Å²) < 4.78 is 10.3. The van der Waals surface area contributed by atoms with Crippen LogP contribution in [0.4, 0.5) is 0 Å². The van der Waals surface area contributed by atoms with Gasteiger partial charge in [-0.15, -0.1) is 0 Å². The number of esters is 1. The first-order valence-electron chi connectivity index (χ1n) is 8.70. The van der Waals surface area contributed by atoms with Crippen molar-refractivity contribution in [2.24, 2.45) is 5.92 Å². The first kappa shape index (κ1) is 21.5. The number of benzene rings is 1. The van der Waals surface area contributed by atoms with Crippen molar-refractivity contribution < 1.29 is 19.1 Å². The van der Waals surface area contributed by atoms with Gasteiger partial charge in [0.25, 0.3) is 5.91 Å². The number of halogens is 1. The molecule has 0 aliphatic heterocycles. The summed E-state index contributed by atoms with van der Waals surface area (Å²) in [5.41, 5.74) is 0.438. The predicted molar refractivity (Wildman–Crippen MR) is 98.9 cm³/mol. The highest BCUT2D eigenvalue weighted by molar-refractivity contribution is 6.33. The maximum absolute atomic E-state index is 12.8. The van der Waals surface area contributed by atoms with Crippen LogP contribution in [0, 0.1) is 5.92 Å². The summed E-state index contributed by atoms with van der Waals surface area (Å²) in [6, 6.07) is 6.93. The van der Waals surface area contributed by atoms with Crippen LogP contribution in [-0.4, -0.2) is 50.2 Å². The summed E-state index contributed by atoms with van der Waals surface area (Å²) in [5, 5.41) is 0.405. The van der Waals surface area contributed by atoms with E-state index in [-0.39, 0.29) is 18.4 Å². The van der Waals surface area contributed by atoms with Gasteiger partial charge >= 0.3 is 5.97 Å². The van der Waals surface area contributed by atoms with Crippen molar-refractivity contribution in [3.8, 4) is 0 Å². The lowest BCUT2D eigenvalue weighted by molar-refractivity contribution is -0.145. The van der Waals surface area contributed by atoms with E-state index in [2.05, 4.69) is 6.92 Å². The minimum absolute atomic E-state index is 0.185. The van der Waals surface area contributed by atoms with Gasteiger partial charge in [-0.3, -0.25) is 9.59 Å². The average Bonchev–Trinajstić information content (AvgIpc) is 2.62. The fourth-order valence-corrected chi connectivity index (χ4v) is 2.61. The maximum atomic E-state index is 12.8. The van der Waals surface area contributed by atoms with Gasteiger partial charge in [0.2, 0.25) is 0 Å². The van der Waals surface area contributed by atoms with Gasteiger partial charge in [0.05, 0.1) is 23.6 Å². The zero-order chi connectivity index (χ0) is 18.7. The lowest BCUT2D eigenvalue weighted by atomic mass is 10.1. The molecule has 0 N–H and O–H groups in total. The second kappa shape index (κ2) is 11.9. The van der Waals surface area contributed by atoms with Gasteiger partial charge in [-0.2, -0.15) is 0 Å². The summed E-state index contributed by atoms with van der Waals surface area (Å²) in [7, 11) is 1.35. The first-order chi connectivity index (χ1) is 12.0. The van der Waals surface area contributed by atoms with E-state index in [4.69, 9.17) is 21.1 Å². The number of unbranched alkanes of at least 4 members (excludes halogenated alkanes) is 1. The van der Waals surface area contributed by atoms with Crippen molar-refractivity contribution in [3.05, 3.63) is 34.9 Å². The smallest absolute Gasteiger partial charge is 0.310 e. The summed E-state index contributed by atoms with van der Waals surface area (Å²) in [6.45, 7) is 5.95. The Bertz CT molecular complexity index is 550. The van der Waals surface area contributed by atoms with Crippen LogP contribution in [0.1, 0.15) is 43.5 Å². The first-order valence-corrected chi connectivity index (χ1v) is 9.08. The standard InChI is InChI=1S/C19H28ClNO4/c1-4-5-12-25-13-8-11-21(14-15(2)19(23)24-3)18(22)16-9-6-7-10-17(16)20/h6-7,9-10,15H,4-5,8,11-14H2,1-3H3. The lowest BCUT2D eigenvalue weighted by Gasteiger charge is -2.25. The van der Waals surface area contributed by atoms with E-state index in [0.717, 1.165) is 19.4 Å². The Kier molecular flexibility index (Phi) is 10.2. The Balaban J connectivity index is 2.71. The molecule has 0 fully saturated rings. The molecule has 1 atom stereocenters. The summed E-state index contributed by atoms with van der Waals surface area (Å²) >= 11 is 6.14. The minimum atomic E-state index is -0.405. The van der Waals surface area contributed by atoms with Crippen LogP contribution in [0.3, 0.4) is 0 Å². The highest BCUT2D eigenvalue weighted by Crippen LogP contribution is 2.18. The van der Waals surface area contributed by atoms with Crippen LogP contribution in [0.2, 0.25) is 5.02 Å². The van der Waals surface area contributed by atoms with E-state index in [0.29, 0.717) is 30.2 Å². The molecule has 1 unspecified atom stereocenters. The van der Waals surface area contributed by atoms with Crippen LogP contribution in [-0.2, 0) is 14.3 Å². The number of hydrogen-bond acceptors (Lipinski definition) is 4. The minimum Gasteiger partial charge on any atom is -0.469 e. The molecule has 0 aliphatic carbocycles. The Hall–Kier alpha value is -1.59. The molecule has 6 heteroatoms. The van der Waals surface area contributed by atoms with Crippen molar-refractivity contribution in [1.29, 1.82) is 0 Å². The summed E-state index contributed by atoms with van der Waals surface area (Å²) in [5.74, 6) is -0.927. The van der Waals surface area contributed by atoms with Crippen molar-refractivity contribution in [2.45, 2.75) is 33.1 Å². The molecule has 25 heavy (non-hydrogen) atoms. The number of ether oxygens (including phenoxy) is 2. The summed E-state index contributed by atoms with van der Waals surface area (Å²) in [4.78, 5) is 26.2. The number of carbonyl (C=O) groups is 2. The zero-order valence-corrected chi connectivity index (χ0v) is 16.1. The number of hydrogen-bond donors (Lipinski definition) is 0. The number of nitrogens with zero attached hydrogens (tertiary/aromatic N) is 1. The zero-order valence-electron chi connectivity index (χ0n) is 15.3. The normalized spacial score (nSPS) is 11.8. The second-order valence-corrected chi connectivity index (χ2v) is 6.38. The van der Waals surface area contributed by atoms with E-state index in [1.54, 1.807) is 36.1 Å². The predicted octanol–water partition coefficient (Wildman–Crippen LogP) is 3.80. The van der Waals surface area contributed by atoms with Gasteiger partial charge in [-0.25, -0.2) is 0 Å². The molecule has 140 valence electrons. The van der Waals surface area contributed by atoms with Gasteiger partial charge in [0.15, 0.2) is 0 Å². The molecule has 1 aromatic rings. The highest BCUT2D eigenvalue weighted by Gasteiger charge is 2.23. The molecule has 0 spiro atoms. The molecule has 0 aliphatic rings. The fourth-order valence-electron chi connectivity index (χ4n) is 2.39. The van der Waals surface area contributed by atoms with Crippen molar-refractivity contribution in [1.82, 2.24) is 4.90 Å². The number of rotatable bonds is 11. The average molecular weight is 370 g/mol. The summed E-state index contributed by atoms with van der Waals surface area (Å²) in [6.07, 6.45) is 2.82. The van der Waals surface area contributed by atoms with E-state index in [1.807, 2.05) is 0 Å². The third-order valence-corrected chi connectivity index (χ3v) is 4.18. The SMILES string of the molecule is CCCCOCCCN(CC(C)C(=O)OC)C(=O)c1ccccc1Cl. The van der Waals surface area contributed by atoms with Gasteiger partial charge in [0.1, 0.15) is 0 Å². The molecule has 1 amide bonds. The molecule has 0 bridgehead atoms. The van der Waals surface area contributed by atoms with Crippen molar-refractivity contribution >= 4 is 23.5 Å². The Morgan fingerprint density at radius 3 is 2.52 bits per heavy atom. The van der Waals surface area contributed by atoms with Crippen LogP contribution in [0.15, 0.2) is 24.3 Å². The molecule has 1 aromatic carbocycles. The third kappa shape index (κ3) is 7.45. The monoisotopic (exact) mass is 369 g/mol. The van der Waals surface area contributed by atoms with E-state index < -0.39 is 5.92 Å². The molecular formula is C19H28ClNO4. The molecule has 0 aromatic heterocycles. The molecule has 1 rings (SSSR count). The quantitative estimate of drug-likeness (QED) is 0.439. The van der Waals surface area contributed by atoms with Crippen LogP contribution >= 0.6 is 11.6 Å². The number of methoxy groups -OCH3 is 1. The third-order valence-electron chi connectivity index (χ3n) is 3.85. The topological polar surface area (TPSA) is 55.8 Å². The largest absolute Gasteiger partial charge is 0.469 e. The molecule has 0 saturated carbocycles. The molecular weight excluding hydrogens is 342 g/mol. The van der Waals surface area contributed by atoms with Crippen LogP contribution < -0.4 is 0 Å². The van der Waals surface area contributed by atoms with Crippen molar-refractivity contribution in [2.75, 3.05) is 33.4 Å². The Morgan fingerprint density at radius 2 is 1.88 bits per heavy atom. The second-order valence-electron chi connectivity index (χ2n) is 5.97. The van der Waals surface area contributed by atoms with Gasteiger partial charge in [-0.05, 0) is 25.0 Å². The molecule has 5 nitrogen and oxygen atoms in total. The molecule has 0 radical (unpaired) electrons. The Labute approximate surface area is 155 Å². The number of carbonyl (C=O) groups excluding carboxylic acids is 2. The lowest BCUT2D eigenvalue weighted by Crippen LogP contribution is -2.38. The van der Waals surface area contributed by atoms with Gasteiger partial charge in [0, 0.05) is 26.3 Å². The van der Waals surface area contributed by atoms with E-state index >= 15 is 0 Å². The maximum Gasteiger partial charge on any atom is 0.310 e. The van der Waals surface area contributed by atoms with Crippen LogP contribution in [0.5, 0.6) is 0 Å². The molecule has 0 saturated heterocycles. The van der Waals surface area contributed by atoms with Gasteiger partial charge < -0.3 is 14.4 Å². The van der Waals surface area contributed by atoms with E-state index in [1.165, 1.54) is 7.11 Å². The fraction of sp³-hybridized carbons (Fsp3) is 0.579. The highest BCUT2D eigenvalue weighted by atomic mass is 35.5. The molecule has 0 heterocycles. The van der Waals surface area contributed by atoms with Gasteiger partial charge in [-0.1, -0.05) is 44.0 Å². The van der Waals surface area contributed by atoms with Crippen LogP contribution in [0.25, 0.3) is 0 Å². The van der Waals surface area contributed by atoms with Crippen molar-refractivity contribution in [3.63, 3.8) is 0 Å².